The Bertz CT molecular complexity index is 409. The van der Waals surface area contributed by atoms with Crippen molar-refractivity contribution >= 4 is 28.9 Å². The van der Waals surface area contributed by atoms with Crippen LogP contribution in [0, 0.1) is 0 Å². The number of ether oxygens (including phenoxy) is 1. The summed E-state index contributed by atoms with van der Waals surface area (Å²) >= 11 is 11.9. The molecule has 0 amide bonds. The SMILES string of the molecule is CN1c2c(Cl)nnc(Cl)c2OCC1(C)C. The smallest absolute Gasteiger partial charge is 0.195 e. The molecule has 82 valence electrons. The molecule has 0 radical (unpaired) electrons. The first-order chi connectivity index (χ1) is 6.93. The van der Waals surface area contributed by atoms with Crippen LogP contribution in [0.15, 0.2) is 0 Å². The summed E-state index contributed by atoms with van der Waals surface area (Å²) in [6.45, 7) is 4.65. The molecule has 0 bridgehead atoms. The maximum atomic E-state index is 5.98. The fourth-order valence-electron chi connectivity index (χ4n) is 1.44. The first-order valence-corrected chi connectivity index (χ1v) is 5.27. The zero-order valence-corrected chi connectivity index (χ0v) is 10.2. The van der Waals surface area contributed by atoms with E-state index >= 15 is 0 Å². The summed E-state index contributed by atoms with van der Waals surface area (Å²) in [6, 6.07) is 0. The van der Waals surface area contributed by atoms with Crippen molar-refractivity contribution in [3.63, 3.8) is 0 Å². The molecule has 15 heavy (non-hydrogen) atoms. The normalized spacial score (nSPS) is 18.3. The van der Waals surface area contributed by atoms with Gasteiger partial charge in [-0.15, -0.1) is 10.2 Å². The molecule has 0 saturated heterocycles. The van der Waals surface area contributed by atoms with Crippen molar-refractivity contribution in [2.24, 2.45) is 0 Å². The first kappa shape index (κ1) is 10.8. The minimum absolute atomic E-state index is 0.136. The van der Waals surface area contributed by atoms with Crippen LogP contribution in [0.25, 0.3) is 0 Å². The summed E-state index contributed by atoms with van der Waals surface area (Å²) < 4.78 is 5.56. The number of likely N-dealkylation sites (N-methyl/N-ethyl adjacent to an activating group) is 1. The van der Waals surface area contributed by atoms with E-state index in [1.54, 1.807) is 0 Å². The Labute approximate surface area is 98.1 Å². The first-order valence-electron chi connectivity index (χ1n) is 4.52. The summed E-state index contributed by atoms with van der Waals surface area (Å²) in [7, 11) is 1.94. The number of hydrogen-bond acceptors (Lipinski definition) is 4. The van der Waals surface area contributed by atoms with E-state index in [2.05, 4.69) is 24.0 Å². The van der Waals surface area contributed by atoms with Crippen LogP contribution in [0.1, 0.15) is 13.8 Å². The lowest BCUT2D eigenvalue weighted by Crippen LogP contribution is -2.49. The quantitative estimate of drug-likeness (QED) is 0.706. The molecule has 1 aromatic heterocycles. The van der Waals surface area contributed by atoms with Gasteiger partial charge in [0.1, 0.15) is 12.3 Å². The molecule has 6 heteroatoms. The molecule has 0 spiro atoms. The molecular formula is C9H11Cl2N3O. The molecular weight excluding hydrogens is 237 g/mol. The van der Waals surface area contributed by atoms with Crippen LogP contribution >= 0.6 is 23.2 Å². The number of rotatable bonds is 0. The Morgan fingerprint density at radius 2 is 1.87 bits per heavy atom. The van der Waals surface area contributed by atoms with Crippen LogP contribution in [0.5, 0.6) is 5.75 Å². The summed E-state index contributed by atoms with van der Waals surface area (Å²) in [5.74, 6) is 0.512. The highest BCUT2D eigenvalue weighted by Crippen LogP contribution is 2.43. The molecule has 0 atom stereocenters. The Balaban J connectivity index is 2.60. The van der Waals surface area contributed by atoms with E-state index in [9.17, 15) is 0 Å². The fraction of sp³-hybridized carbons (Fsp3) is 0.556. The van der Waals surface area contributed by atoms with Crippen molar-refractivity contribution in [2.45, 2.75) is 19.4 Å². The largest absolute Gasteiger partial charge is 0.486 e. The number of fused-ring (bicyclic) bond motifs is 1. The van der Waals surface area contributed by atoms with Crippen molar-refractivity contribution in [1.29, 1.82) is 0 Å². The molecule has 1 aromatic rings. The summed E-state index contributed by atoms with van der Waals surface area (Å²) in [4.78, 5) is 2.01. The van der Waals surface area contributed by atoms with Crippen LogP contribution in [0.3, 0.4) is 0 Å². The number of anilines is 1. The number of hydrogen-bond donors (Lipinski definition) is 0. The van der Waals surface area contributed by atoms with E-state index in [0.717, 1.165) is 0 Å². The Morgan fingerprint density at radius 3 is 2.53 bits per heavy atom. The van der Waals surface area contributed by atoms with Gasteiger partial charge in [-0.1, -0.05) is 23.2 Å². The minimum Gasteiger partial charge on any atom is -0.486 e. The van der Waals surface area contributed by atoms with E-state index in [-0.39, 0.29) is 10.7 Å². The fourth-order valence-corrected chi connectivity index (χ4v) is 1.87. The second-order valence-electron chi connectivity index (χ2n) is 4.12. The monoisotopic (exact) mass is 247 g/mol. The van der Waals surface area contributed by atoms with Gasteiger partial charge in [-0.05, 0) is 13.8 Å². The van der Waals surface area contributed by atoms with Gasteiger partial charge in [0.05, 0.1) is 5.54 Å². The van der Waals surface area contributed by atoms with Gasteiger partial charge in [-0.2, -0.15) is 0 Å². The number of nitrogens with zero attached hydrogens (tertiary/aromatic N) is 3. The average molecular weight is 248 g/mol. The molecule has 0 unspecified atom stereocenters. The van der Waals surface area contributed by atoms with Crippen LogP contribution in [-0.2, 0) is 0 Å². The second kappa shape index (κ2) is 3.39. The van der Waals surface area contributed by atoms with Crippen molar-refractivity contribution in [3.05, 3.63) is 10.3 Å². The molecule has 0 aliphatic carbocycles. The standard InChI is InChI=1S/C9H11Cl2N3O/c1-9(2)4-15-6-5(14(9)3)7(10)12-13-8(6)11/h4H2,1-3H3. The number of halogens is 2. The van der Waals surface area contributed by atoms with Crippen molar-refractivity contribution in [2.75, 3.05) is 18.6 Å². The van der Waals surface area contributed by atoms with Gasteiger partial charge < -0.3 is 9.64 Å². The van der Waals surface area contributed by atoms with E-state index in [1.165, 1.54) is 0 Å². The van der Waals surface area contributed by atoms with Gasteiger partial charge in [0.2, 0.25) is 0 Å². The molecule has 1 aliphatic heterocycles. The lowest BCUT2D eigenvalue weighted by Gasteiger charge is -2.41. The summed E-state index contributed by atoms with van der Waals surface area (Å²) in [5.41, 5.74) is 0.566. The predicted octanol–water partition coefficient (Wildman–Crippen LogP) is 2.39. The van der Waals surface area contributed by atoms with Crippen LogP contribution < -0.4 is 9.64 Å². The van der Waals surface area contributed by atoms with Crippen molar-refractivity contribution in [1.82, 2.24) is 10.2 Å². The Kier molecular flexibility index (Phi) is 2.43. The van der Waals surface area contributed by atoms with Crippen molar-refractivity contribution in [3.8, 4) is 5.75 Å². The second-order valence-corrected chi connectivity index (χ2v) is 4.84. The highest BCUT2D eigenvalue weighted by molar-refractivity contribution is 6.35. The van der Waals surface area contributed by atoms with Gasteiger partial charge in [0.25, 0.3) is 0 Å². The van der Waals surface area contributed by atoms with Gasteiger partial charge >= 0.3 is 0 Å². The van der Waals surface area contributed by atoms with Crippen molar-refractivity contribution < 1.29 is 4.74 Å². The topological polar surface area (TPSA) is 38.2 Å². The molecule has 0 saturated carbocycles. The third kappa shape index (κ3) is 1.62. The third-order valence-electron chi connectivity index (χ3n) is 2.64. The summed E-state index contributed by atoms with van der Waals surface area (Å²) in [6.07, 6.45) is 0. The Morgan fingerprint density at radius 1 is 1.27 bits per heavy atom. The average Bonchev–Trinajstić information content (AvgIpc) is 2.16. The predicted molar refractivity (Wildman–Crippen MR) is 60.0 cm³/mol. The molecule has 4 nitrogen and oxygen atoms in total. The maximum absolute atomic E-state index is 5.98. The minimum atomic E-state index is -0.136. The lowest BCUT2D eigenvalue weighted by atomic mass is 10.0. The van der Waals surface area contributed by atoms with E-state index in [0.29, 0.717) is 23.2 Å². The summed E-state index contributed by atoms with van der Waals surface area (Å²) in [5, 5.41) is 8.03. The zero-order valence-electron chi connectivity index (χ0n) is 8.71. The van der Waals surface area contributed by atoms with E-state index in [4.69, 9.17) is 27.9 Å². The molecule has 1 aliphatic rings. The molecule has 2 rings (SSSR count). The van der Waals surface area contributed by atoms with E-state index in [1.807, 2.05) is 11.9 Å². The highest BCUT2D eigenvalue weighted by atomic mass is 35.5. The molecule has 0 aromatic carbocycles. The highest BCUT2D eigenvalue weighted by Gasteiger charge is 2.35. The van der Waals surface area contributed by atoms with Crippen LogP contribution in [0.2, 0.25) is 10.3 Å². The lowest BCUT2D eigenvalue weighted by molar-refractivity contribution is 0.217. The van der Waals surface area contributed by atoms with Gasteiger partial charge in [-0.3, -0.25) is 0 Å². The van der Waals surface area contributed by atoms with Gasteiger partial charge in [0, 0.05) is 7.05 Å². The maximum Gasteiger partial charge on any atom is 0.195 e. The number of aromatic nitrogens is 2. The van der Waals surface area contributed by atoms with Crippen LogP contribution in [0.4, 0.5) is 5.69 Å². The Hall–Kier alpha value is -0.740. The molecule has 0 fully saturated rings. The van der Waals surface area contributed by atoms with Gasteiger partial charge in [0.15, 0.2) is 16.1 Å². The zero-order chi connectivity index (χ0) is 11.2. The van der Waals surface area contributed by atoms with Crippen LogP contribution in [-0.4, -0.2) is 29.4 Å². The molecule has 0 N–H and O–H groups in total. The van der Waals surface area contributed by atoms with Gasteiger partial charge in [-0.25, -0.2) is 0 Å². The third-order valence-corrected chi connectivity index (χ3v) is 3.14. The molecule has 2 heterocycles. The van der Waals surface area contributed by atoms with E-state index < -0.39 is 0 Å².